The molecule has 1 unspecified atom stereocenters. The minimum Gasteiger partial charge on any atom is -0.319 e. The maximum atomic E-state index is 11.8. The maximum absolute atomic E-state index is 11.8. The normalized spacial score (nSPS) is 27.6. The van der Waals surface area contributed by atoms with Gasteiger partial charge in [0.2, 0.25) is 5.91 Å². The van der Waals surface area contributed by atoms with Crippen LogP contribution in [0.1, 0.15) is 30.9 Å². The van der Waals surface area contributed by atoms with E-state index in [1.807, 2.05) is 4.90 Å². The molecule has 2 aliphatic rings. The van der Waals surface area contributed by atoms with Crippen molar-refractivity contribution >= 4 is 5.91 Å². The predicted octanol–water partition coefficient (Wildman–Crippen LogP) is 1.63. The molecule has 1 aromatic carbocycles. The Labute approximate surface area is 102 Å². The van der Waals surface area contributed by atoms with Crippen molar-refractivity contribution in [3.63, 3.8) is 0 Å². The van der Waals surface area contributed by atoms with E-state index in [0.717, 1.165) is 25.9 Å². The largest absolute Gasteiger partial charge is 0.319 e. The number of carbonyl (C=O) groups excluding carboxylic acids is 1. The molecule has 2 heterocycles. The number of nitrogens with one attached hydrogen (secondary N) is 1. The summed E-state index contributed by atoms with van der Waals surface area (Å²) in [6, 6.07) is 8.68. The molecule has 0 aromatic heterocycles. The molecule has 1 amide bonds. The molecule has 1 atom stereocenters. The highest BCUT2D eigenvalue weighted by Crippen LogP contribution is 2.39. The molecule has 3 heteroatoms. The summed E-state index contributed by atoms with van der Waals surface area (Å²) in [6.07, 6.45) is 2.63. The molecule has 90 valence electrons. The first kappa shape index (κ1) is 10.8. The molecule has 3 nitrogen and oxygen atoms in total. The number of rotatable bonds is 2. The smallest absolute Gasteiger partial charge is 0.224 e. The van der Waals surface area contributed by atoms with Gasteiger partial charge in [0.15, 0.2) is 0 Å². The summed E-state index contributed by atoms with van der Waals surface area (Å²) in [5, 5.41) is 3.52. The van der Waals surface area contributed by atoms with Gasteiger partial charge in [-0.3, -0.25) is 10.1 Å². The van der Waals surface area contributed by atoms with E-state index in [9.17, 15) is 4.79 Å². The Bertz CT molecular complexity index is 440. The fourth-order valence-electron chi connectivity index (χ4n) is 3.06. The number of aryl methyl sites for hydroxylation is 1. The van der Waals surface area contributed by atoms with Crippen molar-refractivity contribution in [3.05, 3.63) is 35.4 Å². The van der Waals surface area contributed by atoms with Gasteiger partial charge in [0.25, 0.3) is 0 Å². The molecule has 0 radical (unpaired) electrons. The van der Waals surface area contributed by atoms with E-state index >= 15 is 0 Å². The van der Waals surface area contributed by atoms with Crippen LogP contribution in [0, 0.1) is 0 Å². The van der Waals surface area contributed by atoms with E-state index < -0.39 is 0 Å². The topological polar surface area (TPSA) is 32.3 Å². The Morgan fingerprint density at radius 1 is 1.35 bits per heavy atom. The molecule has 2 saturated heterocycles. The zero-order valence-electron chi connectivity index (χ0n) is 10.2. The molecule has 0 bridgehead atoms. The first-order valence-electron chi connectivity index (χ1n) is 6.41. The maximum Gasteiger partial charge on any atom is 0.224 e. The number of amides is 1. The van der Waals surface area contributed by atoms with Gasteiger partial charge in [-0.05, 0) is 24.0 Å². The van der Waals surface area contributed by atoms with Crippen LogP contribution in [-0.4, -0.2) is 23.9 Å². The van der Waals surface area contributed by atoms with Gasteiger partial charge in [-0.25, -0.2) is 0 Å². The van der Waals surface area contributed by atoms with Crippen LogP contribution in [-0.2, 0) is 16.9 Å². The molecule has 1 aromatic rings. The molecule has 0 aliphatic carbocycles. The summed E-state index contributed by atoms with van der Waals surface area (Å²) in [6.45, 7) is 3.90. The Kier molecular flexibility index (Phi) is 2.44. The zero-order valence-corrected chi connectivity index (χ0v) is 10.2. The van der Waals surface area contributed by atoms with Crippen LogP contribution >= 0.6 is 0 Å². The highest BCUT2D eigenvalue weighted by molar-refractivity contribution is 5.80. The molecular weight excluding hydrogens is 212 g/mol. The summed E-state index contributed by atoms with van der Waals surface area (Å²) in [5.74, 6) is 0.287. The lowest BCUT2D eigenvalue weighted by Gasteiger charge is -2.32. The lowest BCUT2D eigenvalue weighted by Crippen LogP contribution is -2.45. The minimum atomic E-state index is -0.205. The van der Waals surface area contributed by atoms with E-state index in [4.69, 9.17) is 0 Å². The third kappa shape index (κ3) is 1.49. The summed E-state index contributed by atoms with van der Waals surface area (Å²) in [5.41, 5.74) is 2.38. The van der Waals surface area contributed by atoms with Crippen molar-refractivity contribution in [3.8, 4) is 0 Å². The number of hydrogen-bond acceptors (Lipinski definition) is 2. The first-order valence-corrected chi connectivity index (χ1v) is 6.41. The fraction of sp³-hybridized carbons (Fsp3) is 0.500. The highest BCUT2D eigenvalue weighted by atomic mass is 16.2. The van der Waals surface area contributed by atoms with Crippen LogP contribution in [0.15, 0.2) is 24.3 Å². The Hall–Kier alpha value is -1.35. The van der Waals surface area contributed by atoms with Gasteiger partial charge in [0.05, 0.1) is 0 Å². The molecule has 3 rings (SSSR count). The third-order valence-electron chi connectivity index (χ3n) is 4.06. The molecule has 2 fully saturated rings. The monoisotopic (exact) mass is 230 g/mol. The lowest BCUT2D eigenvalue weighted by atomic mass is 9.96. The molecule has 17 heavy (non-hydrogen) atoms. The van der Waals surface area contributed by atoms with Crippen LogP contribution in [0.25, 0.3) is 0 Å². The van der Waals surface area contributed by atoms with Gasteiger partial charge in [0.1, 0.15) is 5.66 Å². The molecular formula is C14H18N2O. The zero-order chi connectivity index (χ0) is 11.9. The first-order chi connectivity index (χ1) is 8.26. The lowest BCUT2D eigenvalue weighted by molar-refractivity contribution is -0.130. The summed E-state index contributed by atoms with van der Waals surface area (Å²) in [4.78, 5) is 13.9. The fourth-order valence-corrected chi connectivity index (χ4v) is 3.06. The summed E-state index contributed by atoms with van der Waals surface area (Å²) in [7, 11) is 0. The predicted molar refractivity (Wildman–Crippen MR) is 66.4 cm³/mol. The summed E-state index contributed by atoms with van der Waals surface area (Å²) >= 11 is 0. The van der Waals surface area contributed by atoms with Crippen LogP contribution in [0.2, 0.25) is 0 Å². The Morgan fingerprint density at radius 3 is 2.82 bits per heavy atom. The average molecular weight is 230 g/mol. The van der Waals surface area contributed by atoms with Gasteiger partial charge in [0, 0.05) is 19.5 Å². The van der Waals surface area contributed by atoms with Crippen molar-refractivity contribution in [2.45, 2.75) is 31.8 Å². The van der Waals surface area contributed by atoms with Crippen molar-refractivity contribution in [2.24, 2.45) is 0 Å². The second kappa shape index (κ2) is 3.84. The number of benzene rings is 1. The molecule has 1 N–H and O–H groups in total. The van der Waals surface area contributed by atoms with E-state index in [0.29, 0.717) is 6.42 Å². The van der Waals surface area contributed by atoms with Crippen LogP contribution in [0.4, 0.5) is 0 Å². The van der Waals surface area contributed by atoms with Crippen molar-refractivity contribution < 1.29 is 4.79 Å². The Morgan fingerprint density at radius 2 is 2.12 bits per heavy atom. The second-order valence-corrected chi connectivity index (χ2v) is 4.88. The standard InChI is InChI=1S/C14H18N2O/c1-2-11-3-5-12(6-4-11)14-8-7-13(17)16(14)10-9-15-14/h3-6,15H,2,7-10H2,1H3. The van der Waals surface area contributed by atoms with Gasteiger partial charge in [-0.2, -0.15) is 0 Å². The Balaban J connectivity index is 1.98. The van der Waals surface area contributed by atoms with Crippen LogP contribution in [0.3, 0.4) is 0 Å². The molecule has 2 aliphatic heterocycles. The minimum absolute atomic E-state index is 0.205. The van der Waals surface area contributed by atoms with E-state index in [1.54, 1.807) is 0 Å². The van der Waals surface area contributed by atoms with Crippen molar-refractivity contribution in [1.29, 1.82) is 0 Å². The van der Waals surface area contributed by atoms with Crippen LogP contribution in [0.5, 0.6) is 0 Å². The second-order valence-electron chi connectivity index (χ2n) is 4.88. The quantitative estimate of drug-likeness (QED) is 0.837. The highest BCUT2D eigenvalue weighted by Gasteiger charge is 2.49. The summed E-state index contributed by atoms with van der Waals surface area (Å²) < 4.78 is 0. The van der Waals surface area contributed by atoms with Gasteiger partial charge >= 0.3 is 0 Å². The van der Waals surface area contributed by atoms with Gasteiger partial charge < -0.3 is 4.90 Å². The van der Waals surface area contributed by atoms with E-state index in [-0.39, 0.29) is 11.6 Å². The van der Waals surface area contributed by atoms with Gasteiger partial charge in [-0.15, -0.1) is 0 Å². The number of fused-ring (bicyclic) bond motifs is 1. The molecule has 0 saturated carbocycles. The van der Waals surface area contributed by atoms with E-state index in [1.165, 1.54) is 11.1 Å². The van der Waals surface area contributed by atoms with Crippen molar-refractivity contribution in [2.75, 3.05) is 13.1 Å². The molecule has 0 spiro atoms. The van der Waals surface area contributed by atoms with Crippen molar-refractivity contribution in [1.82, 2.24) is 10.2 Å². The number of hydrogen-bond donors (Lipinski definition) is 1. The third-order valence-corrected chi connectivity index (χ3v) is 4.06. The number of nitrogens with zero attached hydrogens (tertiary/aromatic N) is 1. The number of carbonyl (C=O) groups is 1. The average Bonchev–Trinajstić information content (AvgIpc) is 2.92. The van der Waals surface area contributed by atoms with E-state index in [2.05, 4.69) is 36.5 Å². The van der Waals surface area contributed by atoms with Gasteiger partial charge in [-0.1, -0.05) is 31.2 Å². The van der Waals surface area contributed by atoms with Crippen LogP contribution < -0.4 is 5.32 Å². The SMILES string of the molecule is CCc1ccc(C23CCC(=O)N2CCN3)cc1.